The Labute approximate surface area is 161 Å². The van der Waals surface area contributed by atoms with E-state index in [0.29, 0.717) is 11.6 Å². The number of nitrogens with one attached hydrogen (secondary N) is 1. The molecule has 0 fully saturated rings. The van der Waals surface area contributed by atoms with E-state index in [1.54, 1.807) is 12.4 Å². The third-order valence-electron chi connectivity index (χ3n) is 4.09. The summed E-state index contributed by atoms with van der Waals surface area (Å²) in [5, 5.41) is 3.50. The van der Waals surface area contributed by atoms with Crippen LogP contribution in [0.25, 0.3) is 21.7 Å². The lowest BCUT2D eigenvalue weighted by molar-refractivity contribution is -0.115. The highest BCUT2D eigenvalue weighted by molar-refractivity contribution is 7.19. The van der Waals surface area contributed by atoms with Gasteiger partial charge in [0.05, 0.1) is 17.0 Å². The van der Waals surface area contributed by atoms with Crippen LogP contribution in [0.2, 0.25) is 0 Å². The van der Waals surface area contributed by atoms with Crippen molar-refractivity contribution in [3.8, 4) is 21.7 Å². The summed E-state index contributed by atoms with van der Waals surface area (Å²) in [6.45, 7) is 0. The molecule has 0 aliphatic heterocycles. The molecule has 0 bridgehead atoms. The number of thiazole rings is 1. The van der Waals surface area contributed by atoms with E-state index in [2.05, 4.69) is 15.3 Å². The van der Waals surface area contributed by atoms with Crippen molar-refractivity contribution in [2.24, 2.45) is 0 Å². The first-order valence-electron chi connectivity index (χ1n) is 8.59. The quantitative estimate of drug-likeness (QED) is 0.534. The molecule has 5 heteroatoms. The standard InChI is InChI=1S/C22H17N3OS/c26-21(25-22-24-15-20(27-22)18-6-2-1-3-7-18)14-16-9-11-17(12-10-16)19-8-4-5-13-23-19/h1-13,15H,14H2,(H,24,25,26). The fourth-order valence-electron chi connectivity index (χ4n) is 2.74. The first-order valence-corrected chi connectivity index (χ1v) is 9.41. The van der Waals surface area contributed by atoms with E-state index in [4.69, 9.17) is 0 Å². The number of aromatic nitrogens is 2. The van der Waals surface area contributed by atoms with Crippen molar-refractivity contribution in [3.63, 3.8) is 0 Å². The van der Waals surface area contributed by atoms with Gasteiger partial charge in [-0.1, -0.05) is 72.0 Å². The summed E-state index contributed by atoms with van der Waals surface area (Å²) in [7, 11) is 0. The van der Waals surface area contributed by atoms with Gasteiger partial charge in [-0.15, -0.1) is 0 Å². The van der Waals surface area contributed by atoms with Crippen molar-refractivity contribution < 1.29 is 4.79 Å². The Hall–Kier alpha value is -3.31. The highest BCUT2D eigenvalue weighted by atomic mass is 32.1. The minimum absolute atomic E-state index is 0.0745. The molecule has 4 rings (SSSR count). The third-order valence-corrected chi connectivity index (χ3v) is 5.05. The maximum atomic E-state index is 12.3. The van der Waals surface area contributed by atoms with Gasteiger partial charge in [0.25, 0.3) is 0 Å². The molecule has 0 spiro atoms. The van der Waals surface area contributed by atoms with Crippen LogP contribution in [0.3, 0.4) is 0 Å². The topological polar surface area (TPSA) is 54.9 Å². The van der Waals surface area contributed by atoms with Gasteiger partial charge in [-0.25, -0.2) is 4.98 Å². The largest absolute Gasteiger partial charge is 0.302 e. The molecule has 0 radical (unpaired) electrons. The summed E-state index contributed by atoms with van der Waals surface area (Å²) in [6, 6.07) is 23.7. The van der Waals surface area contributed by atoms with Gasteiger partial charge in [0.2, 0.25) is 5.91 Å². The molecule has 4 aromatic rings. The summed E-state index contributed by atoms with van der Waals surface area (Å²) in [5.74, 6) is -0.0745. The summed E-state index contributed by atoms with van der Waals surface area (Å²) < 4.78 is 0. The van der Waals surface area contributed by atoms with Crippen LogP contribution in [0, 0.1) is 0 Å². The number of nitrogens with zero attached hydrogens (tertiary/aromatic N) is 2. The minimum Gasteiger partial charge on any atom is -0.302 e. The number of carbonyl (C=O) groups is 1. The molecular formula is C22H17N3OS. The molecule has 2 heterocycles. The van der Waals surface area contributed by atoms with E-state index in [1.807, 2.05) is 72.8 Å². The van der Waals surface area contributed by atoms with Crippen molar-refractivity contribution in [2.75, 3.05) is 5.32 Å². The Morgan fingerprint density at radius 2 is 1.63 bits per heavy atom. The van der Waals surface area contributed by atoms with Gasteiger partial charge >= 0.3 is 0 Å². The summed E-state index contributed by atoms with van der Waals surface area (Å²) >= 11 is 1.47. The minimum atomic E-state index is -0.0745. The summed E-state index contributed by atoms with van der Waals surface area (Å²) in [6.07, 6.45) is 3.87. The zero-order chi connectivity index (χ0) is 18.5. The molecule has 0 atom stereocenters. The molecule has 4 nitrogen and oxygen atoms in total. The maximum Gasteiger partial charge on any atom is 0.230 e. The van der Waals surface area contributed by atoms with E-state index in [-0.39, 0.29) is 5.91 Å². The summed E-state index contributed by atoms with van der Waals surface area (Å²) in [5.41, 5.74) is 4.00. The lowest BCUT2D eigenvalue weighted by atomic mass is 10.1. The van der Waals surface area contributed by atoms with Crippen LogP contribution in [0.4, 0.5) is 5.13 Å². The predicted octanol–water partition coefficient (Wildman–Crippen LogP) is 5.05. The molecule has 2 aromatic carbocycles. The van der Waals surface area contributed by atoms with Gasteiger partial charge in [0.1, 0.15) is 0 Å². The van der Waals surface area contributed by atoms with Gasteiger partial charge < -0.3 is 5.32 Å². The van der Waals surface area contributed by atoms with Crippen LogP contribution in [0.15, 0.2) is 85.2 Å². The van der Waals surface area contributed by atoms with E-state index in [0.717, 1.165) is 27.3 Å². The zero-order valence-electron chi connectivity index (χ0n) is 14.5. The monoisotopic (exact) mass is 371 g/mol. The second kappa shape index (κ2) is 7.93. The van der Waals surface area contributed by atoms with Crippen molar-refractivity contribution in [2.45, 2.75) is 6.42 Å². The second-order valence-corrected chi connectivity index (χ2v) is 7.06. The van der Waals surface area contributed by atoms with Gasteiger partial charge in [0, 0.05) is 18.0 Å². The maximum absolute atomic E-state index is 12.3. The number of hydrogen-bond acceptors (Lipinski definition) is 4. The molecule has 132 valence electrons. The first kappa shape index (κ1) is 17.1. The number of carbonyl (C=O) groups excluding carboxylic acids is 1. The first-order chi connectivity index (χ1) is 13.3. The average molecular weight is 371 g/mol. The molecule has 27 heavy (non-hydrogen) atoms. The van der Waals surface area contributed by atoms with Crippen molar-refractivity contribution in [3.05, 3.63) is 90.8 Å². The van der Waals surface area contributed by atoms with Gasteiger partial charge in [-0.2, -0.15) is 0 Å². The van der Waals surface area contributed by atoms with Crippen LogP contribution in [-0.2, 0) is 11.2 Å². The van der Waals surface area contributed by atoms with Crippen molar-refractivity contribution in [1.82, 2.24) is 9.97 Å². The predicted molar refractivity (Wildman–Crippen MR) is 110 cm³/mol. The molecule has 1 amide bonds. The third kappa shape index (κ3) is 4.27. The summed E-state index contributed by atoms with van der Waals surface area (Å²) in [4.78, 5) is 22.0. The Morgan fingerprint density at radius 3 is 2.37 bits per heavy atom. The number of hydrogen-bond donors (Lipinski definition) is 1. The van der Waals surface area contributed by atoms with Crippen LogP contribution < -0.4 is 5.32 Å². The number of pyridine rings is 1. The Balaban J connectivity index is 1.39. The van der Waals surface area contributed by atoms with Gasteiger partial charge in [0.15, 0.2) is 5.13 Å². The number of amides is 1. The molecule has 0 unspecified atom stereocenters. The molecule has 0 aliphatic carbocycles. The molecule has 2 aromatic heterocycles. The zero-order valence-corrected chi connectivity index (χ0v) is 15.3. The fourth-order valence-corrected chi connectivity index (χ4v) is 3.58. The lowest BCUT2D eigenvalue weighted by Crippen LogP contribution is -2.14. The van der Waals surface area contributed by atoms with E-state index < -0.39 is 0 Å². The average Bonchev–Trinajstić information content (AvgIpc) is 3.18. The molecule has 0 saturated carbocycles. The Kier molecular flexibility index (Phi) is 5.03. The fraction of sp³-hybridized carbons (Fsp3) is 0.0455. The smallest absolute Gasteiger partial charge is 0.230 e. The normalized spacial score (nSPS) is 10.5. The lowest BCUT2D eigenvalue weighted by Gasteiger charge is -2.04. The molecule has 1 N–H and O–H groups in total. The van der Waals surface area contributed by atoms with E-state index >= 15 is 0 Å². The van der Waals surface area contributed by atoms with E-state index in [9.17, 15) is 4.79 Å². The van der Waals surface area contributed by atoms with Crippen molar-refractivity contribution in [1.29, 1.82) is 0 Å². The Bertz CT molecular complexity index is 1030. The SMILES string of the molecule is O=C(Cc1ccc(-c2ccccn2)cc1)Nc1ncc(-c2ccccc2)s1. The van der Waals surface area contributed by atoms with Crippen LogP contribution in [0.1, 0.15) is 5.56 Å². The molecular weight excluding hydrogens is 354 g/mol. The number of anilines is 1. The Morgan fingerprint density at radius 1 is 0.852 bits per heavy atom. The molecule has 0 saturated heterocycles. The number of benzene rings is 2. The van der Waals surface area contributed by atoms with Crippen LogP contribution in [-0.4, -0.2) is 15.9 Å². The number of rotatable bonds is 5. The second-order valence-electron chi connectivity index (χ2n) is 6.03. The van der Waals surface area contributed by atoms with Crippen LogP contribution in [0.5, 0.6) is 0 Å². The van der Waals surface area contributed by atoms with Gasteiger partial charge in [-0.3, -0.25) is 9.78 Å². The van der Waals surface area contributed by atoms with Crippen molar-refractivity contribution >= 4 is 22.4 Å². The van der Waals surface area contributed by atoms with Crippen LogP contribution >= 0.6 is 11.3 Å². The van der Waals surface area contributed by atoms with E-state index in [1.165, 1.54) is 11.3 Å². The van der Waals surface area contributed by atoms with Gasteiger partial charge in [-0.05, 0) is 23.3 Å². The molecule has 0 aliphatic rings. The highest BCUT2D eigenvalue weighted by Crippen LogP contribution is 2.28. The highest BCUT2D eigenvalue weighted by Gasteiger charge is 2.09.